The molecule has 8 heteroatoms. The Balaban J connectivity index is 1.72. The molecule has 0 N–H and O–H groups in total. The molecule has 0 saturated heterocycles. The highest BCUT2D eigenvalue weighted by Crippen LogP contribution is 2.35. The monoisotopic (exact) mass is 433 g/mol. The number of aryl methyl sites for hydroxylation is 2. The molecule has 1 aliphatic carbocycles. The lowest BCUT2D eigenvalue weighted by Crippen LogP contribution is -2.25. The van der Waals surface area contributed by atoms with Gasteiger partial charge in [-0.05, 0) is 43.5 Å². The van der Waals surface area contributed by atoms with Gasteiger partial charge in [-0.1, -0.05) is 37.3 Å². The minimum atomic E-state index is -2.92. The third-order valence-corrected chi connectivity index (χ3v) is 5.70. The van der Waals surface area contributed by atoms with Gasteiger partial charge in [0.1, 0.15) is 17.0 Å². The van der Waals surface area contributed by atoms with E-state index in [0.717, 1.165) is 18.8 Å². The van der Waals surface area contributed by atoms with E-state index in [2.05, 4.69) is 14.7 Å². The van der Waals surface area contributed by atoms with Gasteiger partial charge in [-0.2, -0.15) is 8.78 Å². The molecule has 30 heavy (non-hydrogen) atoms. The van der Waals surface area contributed by atoms with Crippen LogP contribution < -0.4 is 10.3 Å². The van der Waals surface area contributed by atoms with Crippen molar-refractivity contribution in [3.63, 3.8) is 0 Å². The van der Waals surface area contributed by atoms with Crippen molar-refractivity contribution in [2.75, 3.05) is 0 Å². The average Bonchev–Trinajstić information content (AvgIpc) is 3.52. The fourth-order valence-electron chi connectivity index (χ4n) is 3.68. The van der Waals surface area contributed by atoms with Crippen molar-refractivity contribution >= 4 is 22.8 Å². The first-order valence-corrected chi connectivity index (χ1v) is 10.4. The molecule has 1 fully saturated rings. The summed E-state index contributed by atoms with van der Waals surface area (Å²) in [6.45, 7) is -0.663. The number of fused-ring (bicyclic) bond motifs is 1. The molecule has 2 heterocycles. The lowest BCUT2D eigenvalue weighted by molar-refractivity contribution is -0.0498. The standard InChI is InChI=1S/C22H22ClF2N3O2/c1-13-21(29)28(11-3-2-4-14-5-6-14)20-19(27-13)17(9-10-26-20)16-8-7-15(12-18(16)23)30-22(24)25/h7-10,12,14,22H,2-6,11H2,1H3. The molecule has 4 rings (SSSR count). The Kier molecular flexibility index (Phi) is 5.99. The van der Waals surface area contributed by atoms with Crippen LogP contribution in [0.25, 0.3) is 22.3 Å². The largest absolute Gasteiger partial charge is 0.435 e. The smallest absolute Gasteiger partial charge is 0.387 e. The Morgan fingerprint density at radius 3 is 2.73 bits per heavy atom. The Morgan fingerprint density at radius 1 is 1.23 bits per heavy atom. The maximum absolute atomic E-state index is 12.7. The normalized spacial score (nSPS) is 13.9. The Bertz CT molecular complexity index is 1130. The van der Waals surface area contributed by atoms with Gasteiger partial charge in [0.15, 0.2) is 5.65 Å². The summed E-state index contributed by atoms with van der Waals surface area (Å²) in [5, 5.41) is 0.252. The number of ether oxygens (including phenoxy) is 1. The van der Waals surface area contributed by atoms with Gasteiger partial charge < -0.3 is 4.74 Å². The van der Waals surface area contributed by atoms with Gasteiger partial charge >= 0.3 is 6.61 Å². The van der Waals surface area contributed by atoms with Crippen molar-refractivity contribution in [2.45, 2.75) is 52.2 Å². The van der Waals surface area contributed by atoms with Crippen molar-refractivity contribution in [1.82, 2.24) is 14.5 Å². The van der Waals surface area contributed by atoms with Crippen LogP contribution in [0.1, 0.15) is 37.8 Å². The van der Waals surface area contributed by atoms with Crippen molar-refractivity contribution in [1.29, 1.82) is 0 Å². The van der Waals surface area contributed by atoms with E-state index in [0.29, 0.717) is 34.5 Å². The number of nitrogens with zero attached hydrogens (tertiary/aromatic N) is 3. The number of benzene rings is 1. The highest BCUT2D eigenvalue weighted by molar-refractivity contribution is 6.33. The molecule has 2 aromatic heterocycles. The van der Waals surface area contributed by atoms with Gasteiger partial charge in [-0.15, -0.1) is 0 Å². The molecular formula is C22H22ClF2N3O2. The Morgan fingerprint density at radius 2 is 2.03 bits per heavy atom. The Hall–Kier alpha value is -2.54. The molecule has 5 nitrogen and oxygen atoms in total. The van der Waals surface area contributed by atoms with Gasteiger partial charge in [0.25, 0.3) is 5.56 Å². The Labute approximate surface area is 177 Å². The highest BCUT2D eigenvalue weighted by atomic mass is 35.5. The molecular weight excluding hydrogens is 412 g/mol. The van der Waals surface area contributed by atoms with Crippen LogP contribution >= 0.6 is 11.6 Å². The van der Waals surface area contributed by atoms with Gasteiger partial charge in [0.2, 0.25) is 0 Å². The van der Waals surface area contributed by atoms with Crippen LogP contribution in [0.3, 0.4) is 0 Å². The van der Waals surface area contributed by atoms with Gasteiger partial charge in [-0.3, -0.25) is 9.36 Å². The molecule has 0 unspecified atom stereocenters. The third-order valence-electron chi connectivity index (χ3n) is 5.39. The van der Waals surface area contributed by atoms with Crippen LogP contribution in [-0.2, 0) is 6.54 Å². The number of aromatic nitrogens is 3. The van der Waals surface area contributed by atoms with Crippen molar-refractivity contribution in [3.05, 3.63) is 51.5 Å². The lowest BCUT2D eigenvalue weighted by atomic mass is 10.1. The molecule has 0 aliphatic heterocycles. The number of halogens is 3. The quantitative estimate of drug-likeness (QED) is 0.434. The molecule has 158 valence electrons. The van der Waals surface area contributed by atoms with Crippen LogP contribution in [0.4, 0.5) is 8.78 Å². The number of unbranched alkanes of at least 4 members (excludes halogenated alkanes) is 1. The second-order valence-corrected chi connectivity index (χ2v) is 8.05. The maximum Gasteiger partial charge on any atom is 0.387 e. The first-order valence-electron chi connectivity index (χ1n) is 10.0. The van der Waals surface area contributed by atoms with Gasteiger partial charge in [0.05, 0.1) is 5.02 Å². The first kappa shape index (κ1) is 20.7. The summed E-state index contributed by atoms with van der Waals surface area (Å²) in [4.78, 5) is 21.6. The van der Waals surface area contributed by atoms with Crippen molar-refractivity contribution in [3.8, 4) is 16.9 Å². The molecule has 0 bridgehead atoms. The summed E-state index contributed by atoms with van der Waals surface area (Å²) in [7, 11) is 0. The summed E-state index contributed by atoms with van der Waals surface area (Å²) in [5.74, 6) is 0.843. The number of alkyl halides is 2. The van der Waals surface area contributed by atoms with E-state index in [1.54, 1.807) is 29.8 Å². The summed E-state index contributed by atoms with van der Waals surface area (Å²) < 4.78 is 31.0. The first-order chi connectivity index (χ1) is 14.4. The lowest BCUT2D eigenvalue weighted by Gasteiger charge is -2.14. The predicted molar refractivity (Wildman–Crippen MR) is 112 cm³/mol. The van der Waals surface area contributed by atoms with E-state index in [4.69, 9.17) is 11.6 Å². The average molecular weight is 434 g/mol. The molecule has 0 amide bonds. The van der Waals surface area contributed by atoms with Crippen LogP contribution in [0.2, 0.25) is 5.02 Å². The number of pyridine rings is 1. The SMILES string of the molecule is Cc1nc2c(-c3ccc(OC(F)F)cc3Cl)ccnc2n(CCCCC2CC2)c1=O. The summed E-state index contributed by atoms with van der Waals surface area (Å²) in [6, 6.07) is 6.14. The van der Waals surface area contributed by atoms with E-state index in [-0.39, 0.29) is 16.3 Å². The van der Waals surface area contributed by atoms with E-state index in [9.17, 15) is 13.6 Å². The van der Waals surface area contributed by atoms with Crippen molar-refractivity contribution < 1.29 is 13.5 Å². The number of hydrogen-bond donors (Lipinski definition) is 0. The van der Waals surface area contributed by atoms with Crippen LogP contribution in [-0.4, -0.2) is 21.1 Å². The molecule has 1 saturated carbocycles. The third kappa shape index (κ3) is 4.46. The summed E-state index contributed by atoms with van der Waals surface area (Å²) in [5.41, 5.74) is 2.58. The minimum Gasteiger partial charge on any atom is -0.435 e. The van der Waals surface area contributed by atoms with Crippen molar-refractivity contribution in [2.24, 2.45) is 5.92 Å². The van der Waals surface area contributed by atoms with Crippen LogP contribution in [0.5, 0.6) is 5.75 Å². The van der Waals surface area contributed by atoms with Gasteiger partial charge in [0, 0.05) is 23.9 Å². The summed E-state index contributed by atoms with van der Waals surface area (Å²) >= 11 is 6.35. The highest BCUT2D eigenvalue weighted by Gasteiger charge is 2.20. The number of rotatable bonds is 8. The molecule has 3 aromatic rings. The number of hydrogen-bond acceptors (Lipinski definition) is 4. The molecule has 1 aromatic carbocycles. The predicted octanol–water partition coefficient (Wildman–Crippen LogP) is 5.60. The van der Waals surface area contributed by atoms with Crippen LogP contribution in [0, 0.1) is 12.8 Å². The zero-order chi connectivity index (χ0) is 21.3. The molecule has 0 atom stereocenters. The fourth-order valence-corrected chi connectivity index (χ4v) is 3.95. The zero-order valence-corrected chi connectivity index (χ0v) is 17.3. The second kappa shape index (κ2) is 8.68. The van der Waals surface area contributed by atoms with E-state index >= 15 is 0 Å². The minimum absolute atomic E-state index is 0.0196. The van der Waals surface area contributed by atoms with Gasteiger partial charge in [-0.25, -0.2) is 9.97 Å². The zero-order valence-electron chi connectivity index (χ0n) is 16.6. The van der Waals surface area contributed by atoms with E-state index < -0.39 is 6.61 Å². The molecule has 0 spiro atoms. The second-order valence-electron chi connectivity index (χ2n) is 7.64. The molecule has 0 radical (unpaired) electrons. The molecule has 1 aliphatic rings. The van der Waals surface area contributed by atoms with E-state index in [1.807, 2.05) is 0 Å². The van der Waals surface area contributed by atoms with E-state index in [1.165, 1.54) is 31.4 Å². The van der Waals surface area contributed by atoms with Crippen LogP contribution in [0.15, 0.2) is 35.3 Å². The topological polar surface area (TPSA) is 57.0 Å². The fraction of sp³-hybridized carbons (Fsp3) is 0.409. The summed E-state index contributed by atoms with van der Waals surface area (Å²) in [6.07, 6.45) is 7.44. The maximum atomic E-state index is 12.7.